The lowest BCUT2D eigenvalue weighted by Crippen LogP contribution is -2.24. The molecule has 8 heteroatoms. The Bertz CT molecular complexity index is 1230. The van der Waals surface area contributed by atoms with Gasteiger partial charge in [0.2, 0.25) is 0 Å². The summed E-state index contributed by atoms with van der Waals surface area (Å²) >= 11 is 12.2. The highest BCUT2D eigenvalue weighted by molar-refractivity contribution is 6.45. The Kier molecular flexibility index (Phi) is 6.05. The molecule has 0 bridgehead atoms. The van der Waals surface area contributed by atoms with Crippen LogP contribution in [0, 0.1) is 0 Å². The van der Waals surface area contributed by atoms with Crippen LogP contribution in [-0.4, -0.2) is 26.8 Å². The Labute approximate surface area is 188 Å². The predicted molar refractivity (Wildman–Crippen MR) is 117 cm³/mol. The van der Waals surface area contributed by atoms with Gasteiger partial charge in [-0.05, 0) is 35.7 Å². The molecule has 1 aliphatic carbocycles. The highest BCUT2D eigenvalue weighted by Gasteiger charge is 2.35. The molecule has 1 aromatic heterocycles. The third kappa shape index (κ3) is 4.32. The second-order valence-electron chi connectivity index (χ2n) is 7.16. The van der Waals surface area contributed by atoms with Gasteiger partial charge in [-0.3, -0.25) is 4.79 Å². The smallest absolute Gasteiger partial charge is 0.355 e. The molecule has 0 radical (unpaired) electrons. The molecule has 0 spiro atoms. The number of fused-ring (bicyclic) bond motifs is 1. The number of carbonyl (C=O) groups excluding carboxylic acids is 2. The first-order valence-corrected chi connectivity index (χ1v) is 10.4. The molecule has 0 fully saturated rings. The normalized spacial score (nSPS) is 13.0. The number of aromatic nitrogens is 1. The van der Waals surface area contributed by atoms with Gasteiger partial charge >= 0.3 is 11.7 Å². The summed E-state index contributed by atoms with van der Waals surface area (Å²) in [5.41, 5.74) is 12.1. The summed E-state index contributed by atoms with van der Waals surface area (Å²) < 4.78 is 7.26. The minimum absolute atomic E-state index is 0.0726. The fourth-order valence-corrected chi connectivity index (χ4v) is 3.94. The number of nitrogens with zero attached hydrogens (tertiary/aromatic N) is 3. The van der Waals surface area contributed by atoms with E-state index in [-0.39, 0.29) is 24.4 Å². The SMILES string of the molecule is [N-]=[N+]=C1CCc2c(cc(C(=O)OCc3ccccc3)n2Cc2ccc(Cl)c(Cl)c2)C1=O. The van der Waals surface area contributed by atoms with Gasteiger partial charge in [0.25, 0.3) is 5.78 Å². The Hall–Kier alpha value is -3.18. The van der Waals surface area contributed by atoms with E-state index in [1.165, 1.54) is 6.07 Å². The first-order valence-electron chi connectivity index (χ1n) is 9.61. The average Bonchev–Trinajstić information content (AvgIpc) is 3.15. The summed E-state index contributed by atoms with van der Waals surface area (Å²) in [5.74, 6) is -0.942. The van der Waals surface area contributed by atoms with E-state index in [0.717, 1.165) is 11.1 Å². The molecule has 4 rings (SSSR count). The third-order valence-corrected chi connectivity index (χ3v) is 5.92. The van der Waals surface area contributed by atoms with Crippen molar-refractivity contribution in [3.63, 3.8) is 0 Å². The number of esters is 1. The van der Waals surface area contributed by atoms with Gasteiger partial charge < -0.3 is 14.8 Å². The molecule has 0 amide bonds. The van der Waals surface area contributed by atoms with E-state index in [2.05, 4.69) is 4.79 Å². The van der Waals surface area contributed by atoms with Gasteiger partial charge in [0.05, 0.1) is 22.0 Å². The van der Waals surface area contributed by atoms with Crippen molar-refractivity contribution in [3.8, 4) is 0 Å². The fourth-order valence-electron chi connectivity index (χ4n) is 3.62. The minimum Gasteiger partial charge on any atom is -0.456 e. The molecule has 6 nitrogen and oxygen atoms in total. The Morgan fingerprint density at radius 1 is 1.03 bits per heavy atom. The minimum atomic E-state index is -0.548. The van der Waals surface area contributed by atoms with Crippen molar-refractivity contribution in [1.82, 2.24) is 4.57 Å². The number of hydrogen-bond donors (Lipinski definition) is 0. The zero-order valence-electron chi connectivity index (χ0n) is 16.3. The molecule has 1 heterocycles. The van der Waals surface area contributed by atoms with Crippen LogP contribution in [0.15, 0.2) is 54.6 Å². The molecule has 2 aromatic carbocycles. The summed E-state index contributed by atoms with van der Waals surface area (Å²) in [6.45, 7) is 0.417. The van der Waals surface area contributed by atoms with E-state index in [4.69, 9.17) is 33.5 Å². The Morgan fingerprint density at radius 2 is 1.81 bits per heavy atom. The van der Waals surface area contributed by atoms with Crippen molar-refractivity contribution < 1.29 is 19.1 Å². The largest absolute Gasteiger partial charge is 0.456 e. The predicted octanol–water partition coefficient (Wildman–Crippen LogP) is 5.00. The molecular weight excluding hydrogens is 437 g/mol. The third-order valence-electron chi connectivity index (χ3n) is 5.18. The zero-order valence-corrected chi connectivity index (χ0v) is 17.9. The highest BCUT2D eigenvalue weighted by Crippen LogP contribution is 2.28. The van der Waals surface area contributed by atoms with Crippen LogP contribution in [0.4, 0.5) is 0 Å². The van der Waals surface area contributed by atoms with Gasteiger partial charge in [0, 0.05) is 12.2 Å². The van der Waals surface area contributed by atoms with Crippen LogP contribution in [0.25, 0.3) is 5.53 Å². The van der Waals surface area contributed by atoms with Crippen LogP contribution in [-0.2, 0) is 24.3 Å². The summed E-state index contributed by atoms with van der Waals surface area (Å²) in [6.07, 6.45) is 0.736. The summed E-state index contributed by atoms with van der Waals surface area (Å²) in [4.78, 5) is 28.7. The lowest BCUT2D eigenvalue weighted by atomic mass is 9.94. The van der Waals surface area contributed by atoms with Crippen molar-refractivity contribution in [2.45, 2.75) is 26.0 Å². The van der Waals surface area contributed by atoms with Crippen molar-refractivity contribution in [3.05, 3.63) is 98.3 Å². The molecule has 0 aliphatic heterocycles. The van der Waals surface area contributed by atoms with Crippen molar-refractivity contribution in [1.29, 1.82) is 0 Å². The number of halogens is 2. The molecule has 0 atom stereocenters. The summed E-state index contributed by atoms with van der Waals surface area (Å²) in [7, 11) is 0. The monoisotopic (exact) mass is 453 g/mol. The topological polar surface area (TPSA) is 84.7 Å². The average molecular weight is 454 g/mol. The molecule has 0 unspecified atom stereocenters. The summed E-state index contributed by atoms with van der Waals surface area (Å²) in [6, 6.07) is 16.1. The second kappa shape index (κ2) is 8.90. The van der Waals surface area contributed by atoms with E-state index in [9.17, 15) is 9.59 Å². The van der Waals surface area contributed by atoms with Gasteiger partial charge in [0.1, 0.15) is 12.3 Å². The maximum atomic E-state index is 12.9. The lowest BCUT2D eigenvalue weighted by molar-refractivity contribution is -0.00949. The first kappa shape index (κ1) is 21.1. The zero-order chi connectivity index (χ0) is 22.0. The van der Waals surface area contributed by atoms with Crippen LogP contribution >= 0.6 is 23.2 Å². The van der Waals surface area contributed by atoms with Gasteiger partial charge in [-0.15, -0.1) is 0 Å². The van der Waals surface area contributed by atoms with E-state index in [1.807, 2.05) is 36.4 Å². The maximum absolute atomic E-state index is 12.9. The standard InChI is InChI=1S/C23H17Cl2N3O3/c24-17-7-6-15(10-18(17)25)12-28-20-9-8-19(27-26)22(29)16(20)11-21(28)23(30)31-13-14-4-2-1-3-5-14/h1-7,10-11H,8-9,12-13H2. The van der Waals surface area contributed by atoms with Gasteiger partial charge in [0.15, 0.2) is 0 Å². The molecule has 3 aromatic rings. The van der Waals surface area contributed by atoms with Gasteiger partial charge in [-0.2, -0.15) is 4.79 Å². The molecule has 0 N–H and O–H groups in total. The Morgan fingerprint density at radius 3 is 2.52 bits per heavy atom. The molecule has 0 saturated heterocycles. The molecule has 1 aliphatic rings. The number of ketones is 1. The fraction of sp³-hybridized carbons (Fsp3) is 0.174. The van der Waals surface area contributed by atoms with Crippen molar-refractivity contribution in [2.75, 3.05) is 0 Å². The second-order valence-corrected chi connectivity index (χ2v) is 7.98. The molecule has 156 valence electrons. The van der Waals surface area contributed by atoms with Crippen LogP contribution in [0.1, 0.15) is 44.1 Å². The van der Waals surface area contributed by atoms with Gasteiger partial charge in [-0.1, -0.05) is 59.6 Å². The van der Waals surface area contributed by atoms with E-state index < -0.39 is 11.8 Å². The van der Waals surface area contributed by atoms with Gasteiger partial charge in [-0.25, -0.2) is 4.79 Å². The number of ether oxygens (including phenoxy) is 1. The van der Waals surface area contributed by atoms with Crippen molar-refractivity contribution in [2.24, 2.45) is 0 Å². The number of benzene rings is 2. The maximum Gasteiger partial charge on any atom is 0.355 e. The van der Waals surface area contributed by atoms with Crippen molar-refractivity contribution >= 4 is 40.7 Å². The van der Waals surface area contributed by atoms with E-state index >= 15 is 0 Å². The molecule has 0 saturated carbocycles. The quantitative estimate of drug-likeness (QED) is 0.309. The molecule has 31 heavy (non-hydrogen) atoms. The van der Waals surface area contributed by atoms with Crippen LogP contribution in [0.5, 0.6) is 0 Å². The van der Waals surface area contributed by atoms with Crippen LogP contribution < -0.4 is 0 Å². The number of carbonyl (C=O) groups is 2. The van der Waals surface area contributed by atoms with Crippen LogP contribution in [0.2, 0.25) is 10.0 Å². The van der Waals surface area contributed by atoms with E-state index in [0.29, 0.717) is 34.3 Å². The first-order chi connectivity index (χ1) is 15.0. The number of Topliss-reactive ketones (excluding diaryl/α,β-unsaturated/α-hetero) is 1. The number of rotatable bonds is 5. The Balaban J connectivity index is 1.70. The molecular formula is C23H17Cl2N3O3. The van der Waals surface area contributed by atoms with E-state index in [1.54, 1.807) is 16.7 Å². The van der Waals surface area contributed by atoms with Crippen LogP contribution in [0.3, 0.4) is 0 Å². The lowest BCUT2D eigenvalue weighted by Gasteiger charge is -2.16. The highest BCUT2D eigenvalue weighted by atomic mass is 35.5. The number of hydrogen-bond acceptors (Lipinski definition) is 3. The summed E-state index contributed by atoms with van der Waals surface area (Å²) in [5, 5.41) is 0.834.